The first-order chi connectivity index (χ1) is 7.47. The number of nitrogens with one attached hydrogen (secondary N) is 1. The van der Waals surface area contributed by atoms with Crippen molar-refractivity contribution in [2.45, 2.75) is 52.8 Å². The number of aryl methyl sites for hydroxylation is 2. The van der Waals surface area contributed by atoms with E-state index in [2.05, 4.69) is 44.3 Å². The summed E-state index contributed by atoms with van der Waals surface area (Å²) in [5.74, 6) is 0. The Hall–Kier alpha value is -0.860. The molecule has 0 saturated heterocycles. The van der Waals surface area contributed by atoms with E-state index >= 15 is 0 Å². The van der Waals surface area contributed by atoms with E-state index in [0.29, 0.717) is 6.04 Å². The summed E-state index contributed by atoms with van der Waals surface area (Å²) in [4.78, 5) is 0. The molecule has 2 atom stereocenters. The summed E-state index contributed by atoms with van der Waals surface area (Å²) in [5.41, 5.74) is 3.93. The van der Waals surface area contributed by atoms with E-state index in [0.717, 1.165) is 13.0 Å². The average Bonchev–Trinajstić information content (AvgIpc) is 2.12. The zero-order chi connectivity index (χ0) is 12.1. The molecule has 90 valence electrons. The van der Waals surface area contributed by atoms with Crippen molar-refractivity contribution in [1.82, 2.24) is 5.32 Å². The Morgan fingerprint density at radius 3 is 2.19 bits per heavy atom. The largest absolute Gasteiger partial charge is 0.393 e. The Bertz CT molecular complexity index is 313. The molecule has 2 heteroatoms. The molecule has 2 unspecified atom stereocenters. The summed E-state index contributed by atoms with van der Waals surface area (Å²) in [6.45, 7) is 9.05. The van der Waals surface area contributed by atoms with Crippen LogP contribution in [0.4, 0.5) is 0 Å². The highest BCUT2D eigenvalue weighted by Gasteiger charge is 2.05. The van der Waals surface area contributed by atoms with Crippen LogP contribution in [0.15, 0.2) is 18.2 Å². The van der Waals surface area contributed by atoms with E-state index in [-0.39, 0.29) is 6.10 Å². The first-order valence-corrected chi connectivity index (χ1v) is 5.96. The van der Waals surface area contributed by atoms with Crippen LogP contribution in [0.5, 0.6) is 0 Å². The van der Waals surface area contributed by atoms with Crippen molar-refractivity contribution in [3.8, 4) is 0 Å². The van der Waals surface area contributed by atoms with Gasteiger partial charge < -0.3 is 10.4 Å². The molecule has 0 aromatic heterocycles. The van der Waals surface area contributed by atoms with Gasteiger partial charge in [0.05, 0.1) is 6.10 Å². The number of aliphatic hydroxyl groups excluding tert-OH is 1. The molecule has 16 heavy (non-hydrogen) atoms. The van der Waals surface area contributed by atoms with Gasteiger partial charge in [-0.25, -0.2) is 0 Å². The lowest BCUT2D eigenvalue weighted by Crippen LogP contribution is -2.28. The van der Waals surface area contributed by atoms with Crippen LogP contribution in [-0.4, -0.2) is 17.3 Å². The van der Waals surface area contributed by atoms with Crippen LogP contribution in [0.25, 0.3) is 0 Å². The van der Waals surface area contributed by atoms with Crippen molar-refractivity contribution in [2.75, 3.05) is 0 Å². The van der Waals surface area contributed by atoms with Gasteiger partial charge in [-0.15, -0.1) is 0 Å². The highest BCUT2D eigenvalue weighted by atomic mass is 16.3. The maximum absolute atomic E-state index is 9.27. The molecule has 0 amide bonds. The van der Waals surface area contributed by atoms with Gasteiger partial charge in [-0.05, 0) is 39.7 Å². The minimum absolute atomic E-state index is 0.234. The molecule has 1 aromatic rings. The van der Waals surface area contributed by atoms with Gasteiger partial charge in [0.2, 0.25) is 0 Å². The number of aliphatic hydroxyl groups is 1. The van der Waals surface area contributed by atoms with Crippen LogP contribution >= 0.6 is 0 Å². The predicted octanol–water partition coefficient (Wildman–Crippen LogP) is 2.55. The Kier molecular flexibility index (Phi) is 4.97. The highest BCUT2D eigenvalue weighted by molar-refractivity contribution is 5.28. The highest BCUT2D eigenvalue weighted by Crippen LogP contribution is 2.09. The second kappa shape index (κ2) is 6.02. The Morgan fingerprint density at radius 2 is 1.69 bits per heavy atom. The van der Waals surface area contributed by atoms with Gasteiger partial charge in [-0.2, -0.15) is 0 Å². The molecule has 0 heterocycles. The smallest absolute Gasteiger partial charge is 0.0526 e. The van der Waals surface area contributed by atoms with Crippen LogP contribution in [-0.2, 0) is 6.54 Å². The molecule has 0 aliphatic rings. The third-order valence-electron chi connectivity index (χ3n) is 2.63. The number of rotatable bonds is 5. The van der Waals surface area contributed by atoms with E-state index in [1.165, 1.54) is 16.7 Å². The van der Waals surface area contributed by atoms with Crippen molar-refractivity contribution in [3.05, 3.63) is 34.9 Å². The van der Waals surface area contributed by atoms with Gasteiger partial charge >= 0.3 is 0 Å². The normalized spacial score (nSPS) is 14.8. The van der Waals surface area contributed by atoms with Crippen LogP contribution in [0, 0.1) is 13.8 Å². The van der Waals surface area contributed by atoms with E-state index in [1.807, 2.05) is 6.92 Å². The molecule has 2 nitrogen and oxygen atoms in total. The molecule has 0 saturated carbocycles. The number of hydrogen-bond donors (Lipinski definition) is 2. The SMILES string of the molecule is Cc1cc(C)cc(CNC(C)CC(C)O)c1. The van der Waals surface area contributed by atoms with Gasteiger partial charge in [0.1, 0.15) is 0 Å². The van der Waals surface area contributed by atoms with Crippen molar-refractivity contribution < 1.29 is 5.11 Å². The third-order valence-corrected chi connectivity index (χ3v) is 2.63. The lowest BCUT2D eigenvalue weighted by molar-refractivity contribution is 0.170. The van der Waals surface area contributed by atoms with E-state index in [1.54, 1.807) is 0 Å². The Labute approximate surface area is 98.7 Å². The maximum atomic E-state index is 9.27. The van der Waals surface area contributed by atoms with Crippen molar-refractivity contribution in [2.24, 2.45) is 0 Å². The van der Waals surface area contributed by atoms with E-state index in [4.69, 9.17) is 0 Å². The summed E-state index contributed by atoms with van der Waals surface area (Å²) in [7, 11) is 0. The fourth-order valence-corrected chi connectivity index (χ4v) is 2.06. The number of benzene rings is 1. The molecule has 0 aliphatic heterocycles. The van der Waals surface area contributed by atoms with Crippen LogP contribution < -0.4 is 5.32 Å². The van der Waals surface area contributed by atoms with Gasteiger partial charge in [0, 0.05) is 12.6 Å². The fourth-order valence-electron chi connectivity index (χ4n) is 2.06. The third kappa shape index (κ3) is 4.77. The van der Waals surface area contributed by atoms with Crippen LogP contribution in [0.1, 0.15) is 37.0 Å². The molecule has 0 fully saturated rings. The van der Waals surface area contributed by atoms with E-state index in [9.17, 15) is 5.11 Å². The first-order valence-electron chi connectivity index (χ1n) is 5.96. The predicted molar refractivity (Wildman–Crippen MR) is 68.5 cm³/mol. The van der Waals surface area contributed by atoms with Crippen LogP contribution in [0.3, 0.4) is 0 Å². The minimum atomic E-state index is -0.234. The van der Waals surface area contributed by atoms with Gasteiger partial charge in [-0.1, -0.05) is 29.3 Å². The summed E-state index contributed by atoms with van der Waals surface area (Å²) in [6.07, 6.45) is 0.562. The fraction of sp³-hybridized carbons (Fsp3) is 0.571. The van der Waals surface area contributed by atoms with E-state index < -0.39 is 0 Å². The summed E-state index contributed by atoms with van der Waals surface area (Å²) in [5, 5.41) is 12.7. The second-order valence-corrected chi connectivity index (χ2v) is 4.86. The molecule has 2 N–H and O–H groups in total. The standard InChI is InChI=1S/C14H23NO/c1-10-5-11(2)7-14(6-10)9-15-12(3)8-13(4)16/h5-7,12-13,15-16H,8-9H2,1-4H3. The topological polar surface area (TPSA) is 32.3 Å². The molecule has 0 spiro atoms. The minimum Gasteiger partial charge on any atom is -0.393 e. The lowest BCUT2D eigenvalue weighted by Gasteiger charge is -2.15. The molecule has 1 aromatic carbocycles. The molecular formula is C14H23NO. The quantitative estimate of drug-likeness (QED) is 0.801. The van der Waals surface area contributed by atoms with Crippen molar-refractivity contribution >= 4 is 0 Å². The van der Waals surface area contributed by atoms with Gasteiger partial charge in [0.25, 0.3) is 0 Å². The summed E-state index contributed by atoms with van der Waals surface area (Å²) < 4.78 is 0. The van der Waals surface area contributed by atoms with Gasteiger partial charge in [-0.3, -0.25) is 0 Å². The molecular weight excluding hydrogens is 198 g/mol. The zero-order valence-electron chi connectivity index (χ0n) is 10.7. The average molecular weight is 221 g/mol. The molecule has 0 radical (unpaired) electrons. The molecule has 0 bridgehead atoms. The van der Waals surface area contributed by atoms with Gasteiger partial charge in [0.15, 0.2) is 0 Å². The summed E-state index contributed by atoms with van der Waals surface area (Å²) >= 11 is 0. The first kappa shape index (κ1) is 13.2. The summed E-state index contributed by atoms with van der Waals surface area (Å²) in [6, 6.07) is 6.94. The zero-order valence-corrected chi connectivity index (χ0v) is 10.7. The Morgan fingerprint density at radius 1 is 1.12 bits per heavy atom. The monoisotopic (exact) mass is 221 g/mol. The van der Waals surface area contributed by atoms with Crippen molar-refractivity contribution in [3.63, 3.8) is 0 Å². The molecule has 1 rings (SSSR count). The van der Waals surface area contributed by atoms with Crippen LogP contribution in [0.2, 0.25) is 0 Å². The Balaban J connectivity index is 2.48. The number of hydrogen-bond acceptors (Lipinski definition) is 2. The maximum Gasteiger partial charge on any atom is 0.0526 e. The second-order valence-electron chi connectivity index (χ2n) is 4.86. The molecule has 0 aliphatic carbocycles. The lowest BCUT2D eigenvalue weighted by atomic mass is 10.1. The van der Waals surface area contributed by atoms with Crippen molar-refractivity contribution in [1.29, 1.82) is 0 Å².